The number of amides is 1. The van der Waals surface area contributed by atoms with Crippen molar-refractivity contribution in [3.63, 3.8) is 0 Å². The van der Waals surface area contributed by atoms with E-state index >= 15 is 0 Å². The zero-order valence-electron chi connectivity index (χ0n) is 21.9. The molecule has 4 N–H and O–H groups in total. The number of aliphatic hydroxyl groups is 1. The Labute approximate surface area is 220 Å². The fourth-order valence-electron chi connectivity index (χ4n) is 7.26. The number of nitrogens with two attached hydrogens (primary N) is 1. The largest absolute Gasteiger partial charge is 0.455 e. The zero-order chi connectivity index (χ0) is 27.2. The van der Waals surface area contributed by atoms with E-state index in [1.54, 1.807) is 0 Å². The average molecular weight is 525 g/mol. The Morgan fingerprint density at radius 3 is 2.42 bits per heavy atom. The van der Waals surface area contributed by atoms with Crippen LogP contribution in [0.1, 0.15) is 57.9 Å². The van der Waals surface area contributed by atoms with E-state index in [1.165, 1.54) is 9.47 Å². The number of anilines is 2. The van der Waals surface area contributed by atoms with Gasteiger partial charge in [-0.15, -0.1) is 0 Å². The first-order chi connectivity index (χ1) is 18.0. The predicted molar refractivity (Wildman–Crippen MR) is 141 cm³/mol. The number of benzene rings is 1. The Morgan fingerprint density at radius 2 is 1.82 bits per heavy atom. The van der Waals surface area contributed by atoms with Gasteiger partial charge in [-0.05, 0) is 61.8 Å². The van der Waals surface area contributed by atoms with Crippen LogP contribution in [0.2, 0.25) is 0 Å². The lowest BCUT2D eigenvalue weighted by Gasteiger charge is -2.58. The molecule has 2 atom stereocenters. The standard InChI is InChI=1S/C28H36N4O6/c1-17(2)13-31(22-23(29)32(26(36)30-24(22)34)14-18-6-4-3-5-7-18)21(33)15-38-25(35)27-9-19-8-20(10-27)12-28(37,11-19)16-27/h3-7,17,19-20,37H,8-16,29H2,1-2H3,(H,30,34,36)/t19-,20-,27?,28?/m1/s1. The predicted octanol–water partition coefficient (Wildman–Crippen LogP) is 2.03. The molecular weight excluding hydrogens is 488 g/mol. The lowest BCUT2D eigenvalue weighted by atomic mass is 9.48. The number of nitrogens with zero attached hydrogens (tertiary/aromatic N) is 2. The minimum Gasteiger partial charge on any atom is -0.455 e. The number of aromatic amines is 1. The molecule has 0 spiro atoms. The third-order valence-corrected chi connectivity index (χ3v) is 8.31. The minimum absolute atomic E-state index is 0.0413. The van der Waals surface area contributed by atoms with Crippen LogP contribution in [-0.2, 0) is 20.9 Å². The Kier molecular flexibility index (Phi) is 6.71. The molecule has 204 valence electrons. The summed E-state index contributed by atoms with van der Waals surface area (Å²) < 4.78 is 6.80. The summed E-state index contributed by atoms with van der Waals surface area (Å²) in [7, 11) is 0. The lowest BCUT2D eigenvalue weighted by Crippen LogP contribution is -2.58. The second-order valence-corrected chi connectivity index (χ2v) is 12.0. The summed E-state index contributed by atoms with van der Waals surface area (Å²) >= 11 is 0. The number of ether oxygens (including phenoxy) is 1. The maximum Gasteiger partial charge on any atom is 0.330 e. The van der Waals surface area contributed by atoms with Crippen molar-refractivity contribution in [2.24, 2.45) is 23.2 Å². The fourth-order valence-corrected chi connectivity index (χ4v) is 7.26. The summed E-state index contributed by atoms with van der Waals surface area (Å²) in [5, 5.41) is 11.0. The maximum absolute atomic E-state index is 13.4. The van der Waals surface area contributed by atoms with E-state index in [1.807, 2.05) is 44.2 Å². The molecule has 10 nitrogen and oxygen atoms in total. The molecule has 0 unspecified atom stereocenters. The smallest absolute Gasteiger partial charge is 0.330 e. The van der Waals surface area contributed by atoms with E-state index in [-0.39, 0.29) is 30.5 Å². The molecule has 2 aromatic rings. The van der Waals surface area contributed by atoms with Crippen molar-refractivity contribution in [3.8, 4) is 0 Å². The SMILES string of the molecule is CC(C)CN(C(=O)COC(=O)C12C[C@H]3C[C@@H](CC(O)(C3)C1)C2)c1c(N)n(Cc2ccccc2)c(=O)[nH]c1=O. The van der Waals surface area contributed by atoms with Gasteiger partial charge in [-0.25, -0.2) is 4.79 Å². The molecule has 4 bridgehead atoms. The van der Waals surface area contributed by atoms with Crippen molar-refractivity contribution in [3.05, 3.63) is 56.7 Å². The third kappa shape index (κ3) is 4.89. The van der Waals surface area contributed by atoms with Gasteiger partial charge in [-0.1, -0.05) is 44.2 Å². The van der Waals surface area contributed by atoms with E-state index in [0.29, 0.717) is 31.1 Å². The van der Waals surface area contributed by atoms with Crippen LogP contribution in [-0.4, -0.2) is 45.3 Å². The molecule has 0 saturated heterocycles. The van der Waals surface area contributed by atoms with Gasteiger partial charge in [0.2, 0.25) is 0 Å². The molecule has 1 aromatic carbocycles. The van der Waals surface area contributed by atoms with E-state index < -0.39 is 40.7 Å². The van der Waals surface area contributed by atoms with Crippen molar-refractivity contribution in [2.45, 2.75) is 64.5 Å². The highest BCUT2D eigenvalue weighted by atomic mass is 16.5. The van der Waals surface area contributed by atoms with Gasteiger partial charge < -0.3 is 20.5 Å². The maximum atomic E-state index is 13.4. The van der Waals surface area contributed by atoms with Gasteiger partial charge in [-0.2, -0.15) is 0 Å². The van der Waals surface area contributed by atoms with Gasteiger partial charge in [0.1, 0.15) is 5.82 Å². The summed E-state index contributed by atoms with van der Waals surface area (Å²) in [6.07, 6.45) is 4.18. The van der Waals surface area contributed by atoms with Gasteiger partial charge in [0.15, 0.2) is 12.3 Å². The molecule has 4 aliphatic rings. The van der Waals surface area contributed by atoms with E-state index in [2.05, 4.69) is 4.98 Å². The fraction of sp³-hybridized carbons (Fsp3) is 0.571. The summed E-state index contributed by atoms with van der Waals surface area (Å²) in [6.45, 7) is 3.46. The number of H-pyrrole nitrogens is 1. The molecule has 1 aromatic heterocycles. The third-order valence-electron chi connectivity index (χ3n) is 8.31. The van der Waals surface area contributed by atoms with Crippen molar-refractivity contribution < 1.29 is 19.4 Å². The molecule has 1 heterocycles. The number of nitrogens with one attached hydrogen (secondary N) is 1. The number of hydrogen-bond donors (Lipinski definition) is 3. The summed E-state index contributed by atoms with van der Waals surface area (Å²) in [6, 6.07) is 9.16. The van der Waals surface area contributed by atoms with E-state index in [9.17, 15) is 24.3 Å². The highest BCUT2D eigenvalue weighted by Crippen LogP contribution is 2.62. The van der Waals surface area contributed by atoms with Crippen molar-refractivity contribution in [2.75, 3.05) is 23.8 Å². The Hall–Kier alpha value is -3.40. The van der Waals surface area contributed by atoms with Crippen LogP contribution < -0.4 is 21.9 Å². The van der Waals surface area contributed by atoms with Crippen molar-refractivity contribution >= 4 is 23.4 Å². The van der Waals surface area contributed by atoms with Crippen LogP contribution >= 0.6 is 0 Å². The van der Waals surface area contributed by atoms with Crippen molar-refractivity contribution in [1.82, 2.24) is 9.55 Å². The van der Waals surface area contributed by atoms with E-state index in [4.69, 9.17) is 10.5 Å². The first-order valence-electron chi connectivity index (χ1n) is 13.4. The quantitative estimate of drug-likeness (QED) is 0.448. The Balaban J connectivity index is 1.38. The molecule has 6 rings (SSSR count). The molecule has 38 heavy (non-hydrogen) atoms. The normalized spacial score (nSPS) is 27.5. The first kappa shape index (κ1) is 26.2. The van der Waals surface area contributed by atoms with Crippen LogP contribution in [0.4, 0.5) is 11.5 Å². The topological polar surface area (TPSA) is 148 Å². The zero-order valence-corrected chi connectivity index (χ0v) is 21.9. The van der Waals surface area contributed by atoms with Gasteiger partial charge in [-0.3, -0.25) is 23.9 Å². The molecule has 4 fully saturated rings. The highest BCUT2D eigenvalue weighted by Gasteiger charge is 2.61. The number of nitrogen functional groups attached to an aromatic ring is 1. The lowest BCUT2D eigenvalue weighted by molar-refractivity contribution is -0.196. The van der Waals surface area contributed by atoms with Crippen LogP contribution in [0, 0.1) is 23.2 Å². The monoisotopic (exact) mass is 524 g/mol. The first-order valence-corrected chi connectivity index (χ1v) is 13.4. The van der Waals surface area contributed by atoms with Crippen LogP contribution in [0.5, 0.6) is 0 Å². The molecule has 10 heteroatoms. The summed E-state index contributed by atoms with van der Waals surface area (Å²) in [5.41, 5.74) is 3.95. The van der Waals surface area contributed by atoms with E-state index in [0.717, 1.165) is 24.8 Å². The number of rotatable bonds is 8. The van der Waals surface area contributed by atoms with Gasteiger partial charge in [0.25, 0.3) is 11.5 Å². The molecule has 4 aliphatic carbocycles. The van der Waals surface area contributed by atoms with Crippen LogP contribution in [0.25, 0.3) is 0 Å². The highest BCUT2D eigenvalue weighted by molar-refractivity contribution is 5.97. The minimum atomic E-state index is -0.828. The Morgan fingerprint density at radius 1 is 1.16 bits per heavy atom. The number of carbonyl (C=O) groups excluding carboxylic acids is 2. The molecule has 4 saturated carbocycles. The average Bonchev–Trinajstić information content (AvgIpc) is 2.83. The van der Waals surface area contributed by atoms with Gasteiger partial charge >= 0.3 is 11.7 Å². The van der Waals surface area contributed by atoms with Gasteiger partial charge in [0, 0.05) is 6.54 Å². The number of carbonyl (C=O) groups is 2. The van der Waals surface area contributed by atoms with Crippen LogP contribution in [0.15, 0.2) is 39.9 Å². The second-order valence-electron chi connectivity index (χ2n) is 12.0. The summed E-state index contributed by atoms with van der Waals surface area (Å²) in [4.78, 5) is 55.8. The molecule has 1 amide bonds. The molecule has 0 aliphatic heterocycles. The Bertz CT molecular complexity index is 1330. The summed E-state index contributed by atoms with van der Waals surface area (Å²) in [5.74, 6) is -0.639. The second kappa shape index (κ2) is 9.72. The van der Waals surface area contributed by atoms with Crippen LogP contribution in [0.3, 0.4) is 0 Å². The molecular formula is C28H36N4O6. The van der Waals surface area contributed by atoms with Crippen molar-refractivity contribution in [1.29, 1.82) is 0 Å². The molecule has 0 radical (unpaired) electrons. The number of hydrogen-bond acceptors (Lipinski definition) is 7. The van der Waals surface area contributed by atoms with Gasteiger partial charge in [0.05, 0.1) is 17.6 Å². The number of esters is 1. The number of aromatic nitrogens is 2.